The number of nitrogens with zero attached hydrogens (tertiary/aromatic N) is 2. The first-order valence-electron chi connectivity index (χ1n) is 11.3. The smallest absolute Gasteiger partial charge is 0.251 e. The Morgan fingerprint density at radius 2 is 1.91 bits per heavy atom. The maximum Gasteiger partial charge on any atom is 0.251 e. The van der Waals surface area contributed by atoms with Crippen molar-refractivity contribution in [1.29, 1.82) is 0 Å². The first-order valence-corrected chi connectivity index (χ1v) is 11.3. The number of hydrogen-bond donors (Lipinski definition) is 3. The lowest BCUT2D eigenvalue weighted by Crippen LogP contribution is -2.43. The van der Waals surface area contributed by atoms with E-state index in [0.29, 0.717) is 18.0 Å². The van der Waals surface area contributed by atoms with Crippen LogP contribution in [0.3, 0.4) is 0 Å². The lowest BCUT2D eigenvalue weighted by Gasteiger charge is -2.32. The molecule has 1 heterocycles. The summed E-state index contributed by atoms with van der Waals surface area (Å²) in [6.07, 6.45) is 2.98. The van der Waals surface area contributed by atoms with Gasteiger partial charge in [0.05, 0.1) is 0 Å². The third-order valence-corrected chi connectivity index (χ3v) is 5.96. The largest absolute Gasteiger partial charge is 0.356 e. The van der Waals surface area contributed by atoms with E-state index < -0.39 is 0 Å². The van der Waals surface area contributed by atoms with Crippen molar-refractivity contribution in [3.63, 3.8) is 0 Å². The lowest BCUT2D eigenvalue weighted by molar-refractivity contribution is 0.0963. The molecule has 3 N–H and O–H groups in total. The molecule has 2 aromatic carbocycles. The maximum atomic E-state index is 13.9. The number of carbonyl (C=O) groups excluding carboxylic acids is 1. The summed E-state index contributed by atoms with van der Waals surface area (Å²) in [4.78, 5) is 18.4. The highest BCUT2D eigenvalue weighted by atomic mass is 19.1. The van der Waals surface area contributed by atoms with Gasteiger partial charge in [0.2, 0.25) is 0 Å². The second-order valence-electron chi connectivity index (χ2n) is 8.22. The molecule has 3 rings (SSSR count). The van der Waals surface area contributed by atoms with Gasteiger partial charge in [0.1, 0.15) is 5.82 Å². The Bertz CT molecular complexity index is 909. The van der Waals surface area contributed by atoms with Crippen LogP contribution in [-0.4, -0.2) is 57.0 Å². The number of hydrogen-bond acceptors (Lipinski definition) is 3. The van der Waals surface area contributed by atoms with Gasteiger partial charge in [-0.3, -0.25) is 14.7 Å². The lowest BCUT2D eigenvalue weighted by atomic mass is 9.96. The van der Waals surface area contributed by atoms with Crippen LogP contribution in [0.4, 0.5) is 4.39 Å². The predicted octanol–water partition coefficient (Wildman–Crippen LogP) is 2.81. The molecule has 0 aromatic heterocycles. The van der Waals surface area contributed by atoms with E-state index in [-0.39, 0.29) is 11.7 Å². The van der Waals surface area contributed by atoms with Crippen molar-refractivity contribution in [1.82, 2.24) is 20.9 Å². The first-order chi connectivity index (χ1) is 15.6. The number of halogens is 1. The van der Waals surface area contributed by atoms with Gasteiger partial charge in [-0.05, 0) is 62.0 Å². The average molecular weight is 440 g/mol. The van der Waals surface area contributed by atoms with E-state index in [9.17, 15) is 9.18 Å². The van der Waals surface area contributed by atoms with Gasteiger partial charge < -0.3 is 16.0 Å². The summed E-state index contributed by atoms with van der Waals surface area (Å²) < 4.78 is 13.9. The van der Waals surface area contributed by atoms with E-state index in [4.69, 9.17) is 0 Å². The Kier molecular flexibility index (Phi) is 9.04. The molecule has 0 radical (unpaired) electrons. The normalized spacial score (nSPS) is 15.4. The number of carbonyl (C=O) groups is 1. The van der Waals surface area contributed by atoms with Crippen molar-refractivity contribution < 1.29 is 9.18 Å². The molecule has 0 atom stereocenters. The third-order valence-electron chi connectivity index (χ3n) is 5.96. The molecule has 0 saturated carbocycles. The minimum Gasteiger partial charge on any atom is -0.356 e. The van der Waals surface area contributed by atoms with Crippen molar-refractivity contribution in [2.75, 3.05) is 40.3 Å². The van der Waals surface area contributed by atoms with E-state index in [1.165, 1.54) is 6.07 Å². The SMILES string of the molecule is CN=C(NCCc1cccc(C(=O)NC)c1)NCC1CCN(Cc2ccccc2F)CC1. The van der Waals surface area contributed by atoms with E-state index >= 15 is 0 Å². The molecule has 1 fully saturated rings. The Labute approximate surface area is 190 Å². The molecular weight excluding hydrogens is 405 g/mol. The number of aliphatic imine (C=N–C) groups is 1. The van der Waals surface area contributed by atoms with E-state index in [0.717, 1.165) is 62.5 Å². The quantitative estimate of drug-likeness (QED) is 0.437. The zero-order chi connectivity index (χ0) is 22.8. The molecule has 7 heteroatoms. The maximum absolute atomic E-state index is 13.9. The molecule has 1 aliphatic heterocycles. The number of guanidine groups is 1. The second-order valence-corrected chi connectivity index (χ2v) is 8.22. The van der Waals surface area contributed by atoms with E-state index in [1.54, 1.807) is 20.2 Å². The zero-order valence-corrected chi connectivity index (χ0v) is 19.0. The minimum absolute atomic E-state index is 0.0720. The summed E-state index contributed by atoms with van der Waals surface area (Å²) in [6.45, 7) is 4.25. The van der Waals surface area contributed by atoms with E-state index in [2.05, 4.69) is 25.8 Å². The predicted molar refractivity (Wildman–Crippen MR) is 127 cm³/mol. The Hall–Kier alpha value is -2.93. The van der Waals surface area contributed by atoms with Crippen molar-refractivity contribution in [2.24, 2.45) is 10.9 Å². The zero-order valence-electron chi connectivity index (χ0n) is 19.0. The van der Waals surface area contributed by atoms with Crippen LogP contribution in [0.5, 0.6) is 0 Å². The van der Waals surface area contributed by atoms with Crippen LogP contribution >= 0.6 is 0 Å². The van der Waals surface area contributed by atoms with Gasteiger partial charge in [-0.15, -0.1) is 0 Å². The van der Waals surface area contributed by atoms with Gasteiger partial charge in [0.15, 0.2) is 5.96 Å². The number of nitrogens with one attached hydrogen (secondary N) is 3. The van der Waals surface area contributed by atoms with Crippen LogP contribution in [0.15, 0.2) is 53.5 Å². The summed E-state index contributed by atoms with van der Waals surface area (Å²) >= 11 is 0. The molecule has 172 valence electrons. The fourth-order valence-corrected chi connectivity index (χ4v) is 4.02. The van der Waals surface area contributed by atoms with E-state index in [1.807, 2.05) is 36.4 Å². The van der Waals surface area contributed by atoms with Crippen LogP contribution in [-0.2, 0) is 13.0 Å². The highest BCUT2D eigenvalue weighted by Crippen LogP contribution is 2.19. The highest BCUT2D eigenvalue weighted by Gasteiger charge is 2.20. The molecule has 2 aromatic rings. The Balaban J connectivity index is 1.36. The Morgan fingerprint density at radius 1 is 1.12 bits per heavy atom. The molecule has 0 spiro atoms. The molecule has 1 amide bonds. The van der Waals surface area contributed by atoms with Crippen molar-refractivity contribution >= 4 is 11.9 Å². The standard InChI is InChI=1S/C25H34FN5O/c1-27-24(32)21-8-5-6-19(16-21)10-13-29-25(28-2)30-17-20-11-14-31(15-12-20)18-22-7-3-4-9-23(22)26/h3-9,16,20H,10-15,17-18H2,1-2H3,(H,27,32)(H2,28,29,30). The van der Waals surface area contributed by atoms with Crippen molar-refractivity contribution in [3.05, 3.63) is 71.0 Å². The molecule has 6 nitrogen and oxygen atoms in total. The van der Waals surface area contributed by atoms with Gasteiger partial charge in [-0.1, -0.05) is 30.3 Å². The molecule has 0 aliphatic carbocycles. The summed E-state index contributed by atoms with van der Waals surface area (Å²) in [6, 6.07) is 14.7. The first kappa shape index (κ1) is 23.7. The molecular formula is C25H34FN5O. The molecule has 0 unspecified atom stereocenters. The monoisotopic (exact) mass is 439 g/mol. The number of benzene rings is 2. The highest BCUT2D eigenvalue weighted by molar-refractivity contribution is 5.94. The van der Waals surface area contributed by atoms with Crippen molar-refractivity contribution in [3.8, 4) is 0 Å². The summed E-state index contributed by atoms with van der Waals surface area (Å²) in [5, 5.41) is 9.44. The molecule has 1 saturated heterocycles. The minimum atomic E-state index is -0.119. The Morgan fingerprint density at radius 3 is 2.62 bits per heavy atom. The van der Waals surface area contributed by atoms with Gasteiger partial charge in [-0.2, -0.15) is 0 Å². The van der Waals surface area contributed by atoms with Crippen LogP contribution in [0.1, 0.15) is 34.3 Å². The van der Waals surface area contributed by atoms with Gasteiger partial charge in [-0.25, -0.2) is 4.39 Å². The second kappa shape index (κ2) is 12.2. The molecule has 32 heavy (non-hydrogen) atoms. The van der Waals surface area contributed by atoms with Crippen molar-refractivity contribution in [2.45, 2.75) is 25.8 Å². The van der Waals surface area contributed by atoms with Crippen LogP contribution < -0.4 is 16.0 Å². The molecule has 0 bridgehead atoms. The van der Waals surface area contributed by atoms with Gasteiger partial charge in [0.25, 0.3) is 5.91 Å². The summed E-state index contributed by atoms with van der Waals surface area (Å²) in [5.74, 6) is 1.18. The number of amides is 1. The third kappa shape index (κ3) is 7.05. The number of piperidine rings is 1. The number of rotatable bonds is 8. The topological polar surface area (TPSA) is 68.8 Å². The van der Waals surface area contributed by atoms with Crippen LogP contribution in [0.25, 0.3) is 0 Å². The number of likely N-dealkylation sites (tertiary alicyclic amines) is 1. The van der Waals surface area contributed by atoms with Crippen LogP contribution in [0, 0.1) is 11.7 Å². The van der Waals surface area contributed by atoms with Crippen LogP contribution in [0.2, 0.25) is 0 Å². The fourth-order valence-electron chi connectivity index (χ4n) is 4.02. The average Bonchev–Trinajstić information content (AvgIpc) is 2.83. The molecule has 1 aliphatic rings. The summed E-state index contributed by atoms with van der Waals surface area (Å²) in [7, 11) is 3.41. The van der Waals surface area contributed by atoms with Gasteiger partial charge >= 0.3 is 0 Å². The van der Waals surface area contributed by atoms with Gasteiger partial charge in [0, 0.05) is 44.9 Å². The fraction of sp³-hybridized carbons (Fsp3) is 0.440. The summed E-state index contributed by atoms with van der Waals surface area (Å²) in [5.41, 5.74) is 2.56.